The maximum atomic E-state index is 13.3. The molecule has 0 aliphatic heterocycles. The molecule has 0 unspecified atom stereocenters. The summed E-state index contributed by atoms with van der Waals surface area (Å²) < 4.78 is 41.3. The van der Waals surface area contributed by atoms with Crippen molar-refractivity contribution in [2.45, 2.75) is 20.0 Å². The molecule has 3 N–H and O–H groups in total. The van der Waals surface area contributed by atoms with E-state index in [1.165, 1.54) is 17.0 Å². The van der Waals surface area contributed by atoms with Crippen molar-refractivity contribution < 1.29 is 18.0 Å². The van der Waals surface area contributed by atoms with E-state index >= 15 is 0 Å². The van der Waals surface area contributed by atoms with Gasteiger partial charge in [0.1, 0.15) is 0 Å². The van der Waals surface area contributed by atoms with E-state index in [0.717, 1.165) is 12.1 Å². The number of carbonyl (C=O) groups excluding carboxylic acids is 1. The van der Waals surface area contributed by atoms with Crippen LogP contribution in [0.4, 0.5) is 24.5 Å². The van der Waals surface area contributed by atoms with Gasteiger partial charge in [-0.3, -0.25) is 4.79 Å². The number of aryl methyl sites for hydroxylation is 1. The molecule has 0 aliphatic carbocycles. The van der Waals surface area contributed by atoms with E-state index in [2.05, 4.69) is 10.3 Å². The summed E-state index contributed by atoms with van der Waals surface area (Å²) in [5.41, 5.74) is 7.18. The molecule has 27 heavy (non-hydrogen) atoms. The zero-order valence-corrected chi connectivity index (χ0v) is 14.6. The minimum atomic E-state index is -4.59. The smallest absolute Gasteiger partial charge is 0.398 e. The number of anilines is 2. The molecule has 0 radical (unpaired) electrons. The van der Waals surface area contributed by atoms with Crippen LogP contribution >= 0.6 is 0 Å². The Hall–Kier alpha value is -3.29. The van der Waals surface area contributed by atoms with Crippen molar-refractivity contribution in [1.29, 1.82) is 0 Å². The van der Waals surface area contributed by atoms with Crippen LogP contribution in [0.3, 0.4) is 0 Å². The van der Waals surface area contributed by atoms with Gasteiger partial charge >= 0.3 is 6.18 Å². The van der Waals surface area contributed by atoms with Gasteiger partial charge in [0.25, 0.3) is 5.91 Å². The number of amides is 1. The lowest BCUT2D eigenvalue weighted by molar-refractivity contribution is -0.137. The van der Waals surface area contributed by atoms with Crippen molar-refractivity contribution in [3.63, 3.8) is 0 Å². The summed E-state index contributed by atoms with van der Waals surface area (Å²) in [4.78, 5) is 16.6. The molecule has 0 fully saturated rings. The SMILES string of the molecule is Cc1cn(-c2cc(C(=O)Nc3cccc(N)c3C)cc(C(F)(F)F)c2)cn1. The molecule has 0 atom stereocenters. The van der Waals surface area contributed by atoms with Gasteiger partial charge in [0.15, 0.2) is 0 Å². The number of hydrogen-bond donors (Lipinski definition) is 2. The van der Waals surface area contributed by atoms with Gasteiger partial charge < -0.3 is 15.6 Å². The van der Waals surface area contributed by atoms with E-state index in [0.29, 0.717) is 22.6 Å². The lowest BCUT2D eigenvalue weighted by atomic mass is 10.1. The highest BCUT2D eigenvalue weighted by Crippen LogP contribution is 2.32. The van der Waals surface area contributed by atoms with Crippen molar-refractivity contribution >= 4 is 17.3 Å². The Morgan fingerprint density at radius 1 is 1.19 bits per heavy atom. The number of alkyl halides is 3. The Kier molecular flexibility index (Phi) is 4.65. The maximum Gasteiger partial charge on any atom is 0.416 e. The minimum absolute atomic E-state index is 0.118. The van der Waals surface area contributed by atoms with Gasteiger partial charge in [0.05, 0.1) is 17.6 Å². The number of nitrogen functional groups attached to an aromatic ring is 1. The molecule has 1 heterocycles. The molecule has 140 valence electrons. The largest absolute Gasteiger partial charge is 0.416 e. The fraction of sp³-hybridized carbons (Fsp3) is 0.158. The number of aromatic nitrogens is 2. The molecule has 0 saturated carbocycles. The first-order valence-corrected chi connectivity index (χ1v) is 8.05. The molecule has 5 nitrogen and oxygen atoms in total. The lowest BCUT2D eigenvalue weighted by Crippen LogP contribution is -2.16. The summed E-state index contributed by atoms with van der Waals surface area (Å²) in [6.45, 7) is 3.44. The number of nitrogens with one attached hydrogen (secondary N) is 1. The standard InChI is InChI=1S/C19H17F3N4O/c1-11-9-26(10-24-11)15-7-13(6-14(8-15)19(20,21)22)18(27)25-17-5-3-4-16(23)12(17)2/h3-10H,23H2,1-2H3,(H,25,27). The zero-order valence-electron chi connectivity index (χ0n) is 14.6. The Labute approximate surface area is 153 Å². The fourth-order valence-corrected chi connectivity index (χ4v) is 2.60. The third-order valence-electron chi connectivity index (χ3n) is 4.14. The summed E-state index contributed by atoms with van der Waals surface area (Å²) in [5.74, 6) is -0.659. The van der Waals surface area contributed by atoms with Crippen LogP contribution in [-0.2, 0) is 6.18 Å². The number of hydrogen-bond acceptors (Lipinski definition) is 3. The normalized spacial score (nSPS) is 11.4. The van der Waals surface area contributed by atoms with Gasteiger partial charge in [-0.05, 0) is 49.7 Å². The first kappa shape index (κ1) is 18.5. The van der Waals surface area contributed by atoms with Crippen LogP contribution < -0.4 is 11.1 Å². The van der Waals surface area contributed by atoms with Gasteiger partial charge in [0, 0.05) is 28.8 Å². The van der Waals surface area contributed by atoms with E-state index in [1.807, 2.05) is 0 Å². The highest BCUT2D eigenvalue weighted by Gasteiger charge is 2.32. The van der Waals surface area contributed by atoms with Gasteiger partial charge in [-0.2, -0.15) is 13.2 Å². The molecule has 0 bridgehead atoms. The first-order chi connectivity index (χ1) is 12.6. The minimum Gasteiger partial charge on any atom is -0.398 e. The van der Waals surface area contributed by atoms with Crippen molar-refractivity contribution in [3.05, 3.63) is 71.3 Å². The van der Waals surface area contributed by atoms with E-state index in [1.54, 1.807) is 38.2 Å². The molecule has 0 spiro atoms. The second-order valence-corrected chi connectivity index (χ2v) is 6.16. The highest BCUT2D eigenvalue weighted by molar-refractivity contribution is 6.05. The van der Waals surface area contributed by atoms with Crippen LogP contribution in [0.1, 0.15) is 27.2 Å². The number of carbonyl (C=O) groups is 1. The van der Waals surface area contributed by atoms with Gasteiger partial charge in [0.2, 0.25) is 0 Å². The van der Waals surface area contributed by atoms with E-state index in [-0.39, 0.29) is 11.3 Å². The Balaban J connectivity index is 2.03. The number of nitrogens with two attached hydrogens (primary N) is 1. The number of halogens is 3. The van der Waals surface area contributed by atoms with Crippen molar-refractivity contribution in [3.8, 4) is 5.69 Å². The van der Waals surface area contributed by atoms with Crippen LogP contribution in [-0.4, -0.2) is 15.5 Å². The van der Waals surface area contributed by atoms with E-state index in [9.17, 15) is 18.0 Å². The third-order valence-corrected chi connectivity index (χ3v) is 4.14. The predicted octanol–water partition coefficient (Wildman–Crippen LogP) is 4.34. The summed E-state index contributed by atoms with van der Waals surface area (Å²) >= 11 is 0. The van der Waals surface area contributed by atoms with Crippen LogP contribution in [0.15, 0.2) is 48.9 Å². The van der Waals surface area contributed by atoms with Crippen LogP contribution in [0.25, 0.3) is 5.69 Å². The van der Waals surface area contributed by atoms with Crippen LogP contribution in [0.2, 0.25) is 0 Å². The van der Waals surface area contributed by atoms with Gasteiger partial charge in [-0.25, -0.2) is 4.98 Å². The summed E-state index contributed by atoms with van der Waals surface area (Å²) in [6.07, 6.45) is -1.61. The monoisotopic (exact) mass is 374 g/mol. The number of nitrogens with zero attached hydrogens (tertiary/aromatic N) is 2. The van der Waals surface area contributed by atoms with E-state index in [4.69, 9.17) is 5.73 Å². The fourth-order valence-electron chi connectivity index (χ4n) is 2.60. The quantitative estimate of drug-likeness (QED) is 0.670. The molecule has 8 heteroatoms. The number of imidazole rings is 1. The molecule has 0 saturated heterocycles. The topological polar surface area (TPSA) is 72.9 Å². The predicted molar refractivity (Wildman–Crippen MR) is 96.8 cm³/mol. The average Bonchev–Trinajstić information content (AvgIpc) is 3.04. The summed E-state index contributed by atoms with van der Waals surface area (Å²) in [6, 6.07) is 8.15. The molecule has 3 aromatic rings. The zero-order chi connectivity index (χ0) is 19.8. The Morgan fingerprint density at radius 2 is 1.93 bits per heavy atom. The molecular formula is C19H17F3N4O. The third kappa shape index (κ3) is 3.94. The second-order valence-electron chi connectivity index (χ2n) is 6.16. The van der Waals surface area contributed by atoms with Crippen molar-refractivity contribution in [2.75, 3.05) is 11.1 Å². The van der Waals surface area contributed by atoms with Gasteiger partial charge in [-0.1, -0.05) is 6.07 Å². The maximum absolute atomic E-state index is 13.3. The number of benzene rings is 2. The van der Waals surface area contributed by atoms with Crippen LogP contribution in [0.5, 0.6) is 0 Å². The molecular weight excluding hydrogens is 357 g/mol. The molecule has 3 rings (SSSR count). The van der Waals surface area contributed by atoms with Gasteiger partial charge in [-0.15, -0.1) is 0 Å². The first-order valence-electron chi connectivity index (χ1n) is 8.05. The Bertz CT molecular complexity index is 1010. The molecule has 1 amide bonds. The molecule has 2 aromatic carbocycles. The lowest BCUT2D eigenvalue weighted by Gasteiger charge is -2.14. The highest BCUT2D eigenvalue weighted by atomic mass is 19.4. The van der Waals surface area contributed by atoms with Crippen molar-refractivity contribution in [2.24, 2.45) is 0 Å². The summed E-state index contributed by atoms with van der Waals surface area (Å²) in [5, 5.41) is 2.62. The summed E-state index contributed by atoms with van der Waals surface area (Å²) in [7, 11) is 0. The molecule has 0 aliphatic rings. The second kappa shape index (κ2) is 6.79. The van der Waals surface area contributed by atoms with E-state index < -0.39 is 17.6 Å². The number of rotatable bonds is 3. The average molecular weight is 374 g/mol. The van der Waals surface area contributed by atoms with Crippen molar-refractivity contribution in [1.82, 2.24) is 9.55 Å². The molecule has 1 aromatic heterocycles. The van der Waals surface area contributed by atoms with Crippen LogP contribution in [0, 0.1) is 13.8 Å². The Morgan fingerprint density at radius 3 is 2.56 bits per heavy atom.